The SMILES string of the molecule is CO.OCCCCO. The van der Waals surface area contributed by atoms with E-state index in [-0.39, 0.29) is 13.2 Å². The summed E-state index contributed by atoms with van der Waals surface area (Å²) in [6.07, 6.45) is 1.44. The summed E-state index contributed by atoms with van der Waals surface area (Å²) >= 11 is 0. The molecule has 0 rings (SSSR count). The van der Waals surface area contributed by atoms with E-state index in [0.717, 1.165) is 20.0 Å². The molecule has 0 aliphatic rings. The number of aliphatic hydroxyl groups is 3. The molecule has 0 unspecified atom stereocenters. The predicted molar refractivity (Wildman–Crippen MR) is 31.5 cm³/mol. The lowest BCUT2D eigenvalue weighted by atomic mass is 10.3. The first-order valence-corrected chi connectivity index (χ1v) is 2.58. The van der Waals surface area contributed by atoms with E-state index in [0.29, 0.717) is 0 Å². The standard InChI is InChI=1S/C4H10O2.CH4O/c5-3-1-2-4-6;1-2/h5-6H,1-4H2;2H,1H3. The fraction of sp³-hybridized carbons (Fsp3) is 1.00. The summed E-state index contributed by atoms with van der Waals surface area (Å²) in [5, 5.41) is 23.2. The molecular weight excluding hydrogens is 108 g/mol. The molecule has 0 aromatic heterocycles. The molecule has 52 valence electrons. The molecule has 0 spiro atoms. The van der Waals surface area contributed by atoms with Gasteiger partial charge in [0.15, 0.2) is 0 Å². The predicted octanol–water partition coefficient (Wildman–Crippen LogP) is -0.640. The first-order valence-electron chi connectivity index (χ1n) is 2.58. The van der Waals surface area contributed by atoms with Crippen LogP contribution >= 0.6 is 0 Å². The van der Waals surface area contributed by atoms with Gasteiger partial charge in [-0.15, -0.1) is 0 Å². The Hall–Kier alpha value is -0.120. The molecule has 0 aliphatic carbocycles. The second-order valence-electron chi connectivity index (χ2n) is 1.15. The molecule has 0 atom stereocenters. The third-order valence-electron chi connectivity index (χ3n) is 0.566. The minimum Gasteiger partial charge on any atom is -0.400 e. The number of unbranched alkanes of at least 4 members (excludes halogenated alkanes) is 1. The first kappa shape index (κ1) is 10.8. The van der Waals surface area contributed by atoms with Crippen molar-refractivity contribution in [3.05, 3.63) is 0 Å². The molecule has 0 saturated heterocycles. The van der Waals surface area contributed by atoms with Crippen LogP contribution in [0.3, 0.4) is 0 Å². The van der Waals surface area contributed by atoms with Crippen molar-refractivity contribution in [2.24, 2.45) is 0 Å². The van der Waals surface area contributed by atoms with E-state index in [1.165, 1.54) is 0 Å². The zero-order valence-corrected chi connectivity index (χ0v) is 5.17. The quantitative estimate of drug-likeness (QED) is 0.436. The lowest BCUT2D eigenvalue weighted by Gasteiger charge is -1.85. The van der Waals surface area contributed by atoms with Crippen LogP contribution in [0.2, 0.25) is 0 Å². The smallest absolute Gasteiger partial charge is 0.0431 e. The average Bonchev–Trinajstić information content (AvgIpc) is 1.88. The molecule has 3 nitrogen and oxygen atoms in total. The highest BCUT2D eigenvalue weighted by molar-refractivity contribution is 4.30. The number of hydrogen-bond donors (Lipinski definition) is 3. The topological polar surface area (TPSA) is 60.7 Å². The van der Waals surface area contributed by atoms with Gasteiger partial charge in [-0.3, -0.25) is 0 Å². The molecule has 0 radical (unpaired) electrons. The van der Waals surface area contributed by atoms with Gasteiger partial charge in [0.1, 0.15) is 0 Å². The molecule has 0 aliphatic heterocycles. The highest BCUT2D eigenvalue weighted by Crippen LogP contribution is 1.80. The molecule has 3 N–H and O–H groups in total. The summed E-state index contributed by atoms with van der Waals surface area (Å²) in [4.78, 5) is 0. The van der Waals surface area contributed by atoms with Crippen LogP contribution in [0.25, 0.3) is 0 Å². The normalized spacial score (nSPS) is 7.50. The maximum absolute atomic E-state index is 8.09. The summed E-state index contributed by atoms with van der Waals surface area (Å²) in [5.41, 5.74) is 0. The van der Waals surface area contributed by atoms with Gasteiger partial charge in [0, 0.05) is 20.3 Å². The summed E-state index contributed by atoms with van der Waals surface area (Å²) in [6.45, 7) is 0.390. The van der Waals surface area contributed by atoms with Crippen molar-refractivity contribution < 1.29 is 15.3 Å². The van der Waals surface area contributed by atoms with Crippen LogP contribution in [0, 0.1) is 0 Å². The molecule has 3 heteroatoms. The Kier molecular flexibility index (Phi) is 21.3. The van der Waals surface area contributed by atoms with E-state index in [4.69, 9.17) is 15.3 Å². The fourth-order valence-corrected chi connectivity index (χ4v) is 0.224. The maximum atomic E-state index is 8.09. The Balaban J connectivity index is 0. The number of aliphatic hydroxyl groups excluding tert-OH is 3. The molecule has 0 amide bonds. The van der Waals surface area contributed by atoms with E-state index in [2.05, 4.69) is 0 Å². The van der Waals surface area contributed by atoms with Gasteiger partial charge in [0.05, 0.1) is 0 Å². The molecule has 0 heterocycles. The van der Waals surface area contributed by atoms with Gasteiger partial charge in [-0.05, 0) is 12.8 Å². The Bertz CT molecular complexity index is 19.6. The lowest BCUT2D eigenvalue weighted by molar-refractivity contribution is 0.242. The Morgan fingerprint density at radius 1 is 0.875 bits per heavy atom. The second-order valence-corrected chi connectivity index (χ2v) is 1.15. The Labute approximate surface area is 49.6 Å². The summed E-state index contributed by atoms with van der Waals surface area (Å²) in [7, 11) is 1.00. The van der Waals surface area contributed by atoms with Gasteiger partial charge in [-0.2, -0.15) is 0 Å². The van der Waals surface area contributed by atoms with Gasteiger partial charge in [0.2, 0.25) is 0 Å². The minimum absolute atomic E-state index is 0.195. The van der Waals surface area contributed by atoms with Crippen LogP contribution in [-0.4, -0.2) is 35.6 Å². The maximum Gasteiger partial charge on any atom is 0.0431 e. The van der Waals surface area contributed by atoms with Crippen LogP contribution in [0.4, 0.5) is 0 Å². The van der Waals surface area contributed by atoms with Gasteiger partial charge in [-0.25, -0.2) is 0 Å². The van der Waals surface area contributed by atoms with Gasteiger partial charge in [0.25, 0.3) is 0 Å². The van der Waals surface area contributed by atoms with Crippen molar-refractivity contribution in [1.82, 2.24) is 0 Å². The second kappa shape index (κ2) is 15.8. The van der Waals surface area contributed by atoms with E-state index < -0.39 is 0 Å². The van der Waals surface area contributed by atoms with E-state index >= 15 is 0 Å². The lowest BCUT2D eigenvalue weighted by Crippen LogP contribution is -1.85. The third kappa shape index (κ3) is 16.9. The van der Waals surface area contributed by atoms with Crippen LogP contribution in [0.1, 0.15) is 12.8 Å². The first-order chi connectivity index (χ1) is 3.91. The molecule has 0 aromatic carbocycles. The average molecular weight is 122 g/mol. The molecule has 8 heavy (non-hydrogen) atoms. The van der Waals surface area contributed by atoms with Crippen LogP contribution in [0.15, 0.2) is 0 Å². The monoisotopic (exact) mass is 122 g/mol. The van der Waals surface area contributed by atoms with Crippen molar-refractivity contribution in [1.29, 1.82) is 0 Å². The molecule has 0 fully saturated rings. The van der Waals surface area contributed by atoms with Gasteiger partial charge in [-0.1, -0.05) is 0 Å². The van der Waals surface area contributed by atoms with E-state index in [1.807, 2.05) is 0 Å². The highest BCUT2D eigenvalue weighted by atomic mass is 16.3. The van der Waals surface area contributed by atoms with Gasteiger partial charge >= 0.3 is 0 Å². The molecular formula is C5H14O3. The van der Waals surface area contributed by atoms with Crippen LogP contribution in [-0.2, 0) is 0 Å². The van der Waals surface area contributed by atoms with Crippen molar-refractivity contribution in [2.45, 2.75) is 12.8 Å². The van der Waals surface area contributed by atoms with Crippen LogP contribution < -0.4 is 0 Å². The van der Waals surface area contributed by atoms with Crippen molar-refractivity contribution in [2.75, 3.05) is 20.3 Å². The fourth-order valence-electron chi connectivity index (χ4n) is 0.224. The minimum atomic E-state index is 0.195. The summed E-state index contributed by atoms with van der Waals surface area (Å²) in [5.74, 6) is 0. The number of rotatable bonds is 3. The molecule has 0 bridgehead atoms. The Morgan fingerprint density at radius 2 is 1.12 bits per heavy atom. The van der Waals surface area contributed by atoms with Crippen molar-refractivity contribution >= 4 is 0 Å². The number of hydrogen-bond acceptors (Lipinski definition) is 3. The molecule has 0 aromatic rings. The summed E-state index contributed by atoms with van der Waals surface area (Å²) < 4.78 is 0. The summed E-state index contributed by atoms with van der Waals surface area (Å²) in [6, 6.07) is 0. The highest BCUT2D eigenvalue weighted by Gasteiger charge is 1.77. The third-order valence-corrected chi connectivity index (χ3v) is 0.566. The van der Waals surface area contributed by atoms with Crippen LogP contribution in [0.5, 0.6) is 0 Å². The zero-order chi connectivity index (χ0) is 6.83. The van der Waals surface area contributed by atoms with Crippen molar-refractivity contribution in [3.8, 4) is 0 Å². The zero-order valence-electron chi connectivity index (χ0n) is 5.17. The largest absolute Gasteiger partial charge is 0.400 e. The van der Waals surface area contributed by atoms with E-state index in [9.17, 15) is 0 Å². The molecule has 0 saturated carbocycles. The Morgan fingerprint density at radius 3 is 1.25 bits per heavy atom. The van der Waals surface area contributed by atoms with Crippen molar-refractivity contribution in [3.63, 3.8) is 0 Å². The van der Waals surface area contributed by atoms with E-state index in [1.54, 1.807) is 0 Å². The van der Waals surface area contributed by atoms with Gasteiger partial charge < -0.3 is 15.3 Å².